The average Bonchev–Trinajstić information content (AvgIpc) is 3.16. The van der Waals surface area contributed by atoms with Gasteiger partial charge in [-0.05, 0) is 24.3 Å². The third-order valence-electron chi connectivity index (χ3n) is 4.50. The van der Waals surface area contributed by atoms with E-state index in [1.54, 1.807) is 17.0 Å². The maximum Gasteiger partial charge on any atom is 0.417 e. The van der Waals surface area contributed by atoms with Gasteiger partial charge in [0.2, 0.25) is 10.0 Å². The van der Waals surface area contributed by atoms with Gasteiger partial charge >= 0.3 is 6.18 Å². The Morgan fingerprint density at radius 3 is 2.39 bits per heavy atom. The van der Waals surface area contributed by atoms with Gasteiger partial charge in [0, 0.05) is 32.4 Å². The molecule has 1 aliphatic rings. The summed E-state index contributed by atoms with van der Waals surface area (Å²) in [5, 5.41) is 0. The maximum absolute atomic E-state index is 13.0. The Labute approximate surface area is 162 Å². The van der Waals surface area contributed by atoms with Crippen LogP contribution in [0.15, 0.2) is 41.4 Å². The van der Waals surface area contributed by atoms with Crippen LogP contribution in [0.1, 0.15) is 5.56 Å². The van der Waals surface area contributed by atoms with E-state index in [1.807, 2.05) is 0 Å². The molecule has 148 valence electrons. The number of hydrogen-bond acceptors (Lipinski definition) is 7. The van der Waals surface area contributed by atoms with E-state index in [4.69, 9.17) is 0 Å². The van der Waals surface area contributed by atoms with Crippen LogP contribution in [0.3, 0.4) is 0 Å². The summed E-state index contributed by atoms with van der Waals surface area (Å²) >= 11 is 0.951. The number of sulfonamides is 1. The number of anilines is 1. The molecule has 1 fully saturated rings. The van der Waals surface area contributed by atoms with Crippen molar-refractivity contribution in [2.24, 2.45) is 0 Å². The van der Waals surface area contributed by atoms with Crippen molar-refractivity contribution in [3.05, 3.63) is 42.1 Å². The summed E-state index contributed by atoms with van der Waals surface area (Å²) < 4.78 is 73.5. The summed E-state index contributed by atoms with van der Waals surface area (Å²) in [6, 6.07) is 7.10. The highest BCUT2D eigenvalue weighted by molar-refractivity contribution is 7.89. The lowest BCUT2D eigenvalue weighted by Gasteiger charge is -2.34. The predicted octanol–water partition coefficient (Wildman–Crippen LogP) is 2.62. The molecule has 0 atom stereocenters. The van der Waals surface area contributed by atoms with E-state index in [9.17, 15) is 21.6 Å². The number of benzene rings is 1. The zero-order valence-corrected chi connectivity index (χ0v) is 15.9. The van der Waals surface area contributed by atoms with Crippen LogP contribution in [-0.4, -0.2) is 52.6 Å². The zero-order chi connectivity index (χ0) is 19.9. The molecule has 0 amide bonds. The number of pyridine rings is 1. The monoisotopic (exact) mass is 429 g/mol. The highest BCUT2D eigenvalue weighted by Crippen LogP contribution is 2.30. The number of fused-ring (bicyclic) bond motifs is 1. The minimum atomic E-state index is -4.44. The van der Waals surface area contributed by atoms with Gasteiger partial charge in [-0.2, -0.15) is 26.2 Å². The largest absolute Gasteiger partial charge is 0.417 e. The number of aromatic nitrogens is 3. The molecule has 1 saturated heterocycles. The molecule has 28 heavy (non-hydrogen) atoms. The van der Waals surface area contributed by atoms with E-state index in [-0.39, 0.29) is 18.0 Å². The Morgan fingerprint density at radius 2 is 1.75 bits per heavy atom. The number of piperazine rings is 1. The molecular weight excluding hydrogens is 415 g/mol. The van der Waals surface area contributed by atoms with Gasteiger partial charge < -0.3 is 4.90 Å². The minimum Gasteiger partial charge on any atom is -0.354 e. The summed E-state index contributed by atoms with van der Waals surface area (Å²) in [5.41, 5.74) is 0.0560. The van der Waals surface area contributed by atoms with Gasteiger partial charge in [-0.1, -0.05) is 6.07 Å². The molecule has 1 aromatic carbocycles. The van der Waals surface area contributed by atoms with Gasteiger partial charge in [0.25, 0.3) is 0 Å². The third kappa shape index (κ3) is 3.42. The lowest BCUT2D eigenvalue weighted by atomic mass is 10.2. The molecule has 0 N–H and O–H groups in total. The molecule has 4 rings (SSSR count). The molecule has 0 aliphatic carbocycles. The van der Waals surface area contributed by atoms with Gasteiger partial charge in [-0.15, -0.1) is 0 Å². The second-order valence-corrected chi connectivity index (χ2v) is 8.62. The van der Waals surface area contributed by atoms with Gasteiger partial charge in [0.05, 0.1) is 17.3 Å². The van der Waals surface area contributed by atoms with Crippen molar-refractivity contribution >= 4 is 38.6 Å². The van der Waals surface area contributed by atoms with Crippen molar-refractivity contribution in [2.75, 3.05) is 31.1 Å². The fraction of sp³-hybridized carbons (Fsp3) is 0.312. The first-order chi connectivity index (χ1) is 13.3. The fourth-order valence-electron chi connectivity index (χ4n) is 3.03. The summed E-state index contributed by atoms with van der Waals surface area (Å²) in [6.45, 7) is 1.03. The predicted molar refractivity (Wildman–Crippen MR) is 97.6 cm³/mol. The van der Waals surface area contributed by atoms with Gasteiger partial charge in [0.15, 0.2) is 0 Å². The van der Waals surface area contributed by atoms with E-state index >= 15 is 0 Å². The topological polar surface area (TPSA) is 79.3 Å². The lowest BCUT2D eigenvalue weighted by Crippen LogP contribution is -2.49. The van der Waals surface area contributed by atoms with Gasteiger partial charge in [-0.25, -0.2) is 13.4 Å². The van der Waals surface area contributed by atoms with Crippen LogP contribution in [-0.2, 0) is 16.2 Å². The molecule has 0 spiro atoms. The normalized spacial score (nSPS) is 16.6. The second-order valence-electron chi connectivity index (χ2n) is 6.18. The van der Waals surface area contributed by atoms with Crippen LogP contribution < -0.4 is 4.90 Å². The Hall–Kier alpha value is -2.31. The molecule has 2 aromatic heterocycles. The van der Waals surface area contributed by atoms with Crippen LogP contribution in [0.25, 0.3) is 11.0 Å². The first-order valence-electron chi connectivity index (χ1n) is 8.26. The van der Waals surface area contributed by atoms with Crippen LogP contribution >= 0.6 is 11.7 Å². The smallest absolute Gasteiger partial charge is 0.354 e. The van der Waals surface area contributed by atoms with E-state index in [1.165, 1.54) is 16.4 Å². The number of alkyl halides is 3. The summed E-state index contributed by atoms with van der Waals surface area (Å²) in [5.74, 6) is 0.385. The van der Waals surface area contributed by atoms with E-state index in [2.05, 4.69) is 13.7 Å². The number of nitrogens with zero attached hydrogens (tertiary/aromatic N) is 5. The molecular formula is C16H14F3N5O2S2. The van der Waals surface area contributed by atoms with Crippen molar-refractivity contribution in [1.29, 1.82) is 0 Å². The molecule has 0 bridgehead atoms. The van der Waals surface area contributed by atoms with Crippen LogP contribution in [0.5, 0.6) is 0 Å². The Bertz CT molecular complexity index is 1090. The molecule has 3 heterocycles. The van der Waals surface area contributed by atoms with Crippen molar-refractivity contribution < 1.29 is 21.6 Å². The maximum atomic E-state index is 13.0. The summed E-state index contributed by atoms with van der Waals surface area (Å²) in [7, 11) is -3.75. The summed E-state index contributed by atoms with van der Waals surface area (Å²) in [4.78, 5) is 5.74. The standard InChI is InChI=1S/C16H14F3N5O2S2/c17-16(18,19)11-4-5-14(20-10-11)23-6-8-24(9-7-23)28(25,26)13-3-1-2-12-15(13)22-27-21-12/h1-5,10H,6-9H2. The molecule has 3 aromatic rings. The van der Waals surface area contributed by atoms with Crippen LogP contribution in [0, 0.1) is 0 Å². The SMILES string of the molecule is O=S(=O)(c1cccc2nsnc12)N1CCN(c2ccc(C(F)(F)F)cn2)CC1. The highest BCUT2D eigenvalue weighted by atomic mass is 32.2. The molecule has 0 saturated carbocycles. The van der Waals surface area contributed by atoms with Gasteiger partial charge in [0.1, 0.15) is 21.7 Å². The fourth-order valence-corrected chi connectivity index (χ4v) is 5.20. The van der Waals surface area contributed by atoms with E-state index in [0.29, 0.717) is 29.9 Å². The minimum absolute atomic E-state index is 0.111. The summed E-state index contributed by atoms with van der Waals surface area (Å²) in [6.07, 6.45) is -3.65. The zero-order valence-electron chi connectivity index (χ0n) is 14.3. The molecule has 1 aliphatic heterocycles. The van der Waals surface area contributed by atoms with E-state index in [0.717, 1.165) is 24.0 Å². The molecule has 7 nitrogen and oxygen atoms in total. The Morgan fingerprint density at radius 1 is 1.00 bits per heavy atom. The van der Waals surface area contributed by atoms with Crippen molar-refractivity contribution in [1.82, 2.24) is 18.0 Å². The first kappa shape index (κ1) is 19.0. The van der Waals surface area contributed by atoms with Crippen molar-refractivity contribution in [2.45, 2.75) is 11.1 Å². The number of halogens is 3. The lowest BCUT2D eigenvalue weighted by molar-refractivity contribution is -0.137. The third-order valence-corrected chi connectivity index (χ3v) is 6.98. The number of rotatable bonds is 3. The Kier molecular flexibility index (Phi) is 4.71. The van der Waals surface area contributed by atoms with Gasteiger partial charge in [-0.3, -0.25) is 0 Å². The molecule has 12 heteroatoms. The molecule has 0 radical (unpaired) electrons. The Balaban J connectivity index is 1.50. The second kappa shape index (κ2) is 6.94. The first-order valence-corrected chi connectivity index (χ1v) is 10.4. The van der Waals surface area contributed by atoms with Crippen LogP contribution in [0.4, 0.5) is 19.0 Å². The number of hydrogen-bond donors (Lipinski definition) is 0. The molecule has 0 unspecified atom stereocenters. The van der Waals surface area contributed by atoms with Crippen molar-refractivity contribution in [3.8, 4) is 0 Å². The van der Waals surface area contributed by atoms with Crippen molar-refractivity contribution in [3.63, 3.8) is 0 Å². The quantitative estimate of drug-likeness (QED) is 0.637. The highest BCUT2D eigenvalue weighted by Gasteiger charge is 2.33. The van der Waals surface area contributed by atoms with Crippen LogP contribution in [0.2, 0.25) is 0 Å². The van der Waals surface area contributed by atoms with E-state index < -0.39 is 21.8 Å². The average molecular weight is 429 g/mol.